The Morgan fingerprint density at radius 1 is 1.38 bits per heavy atom. The molecular formula is C12H15N3S. The first-order chi connectivity index (χ1) is 7.74. The number of hydrogen-bond donors (Lipinski definition) is 2. The number of nitrogens with zero attached hydrogens (tertiary/aromatic N) is 1. The molecule has 3 N–H and O–H groups in total. The van der Waals surface area contributed by atoms with Crippen molar-refractivity contribution in [3.05, 3.63) is 41.5 Å². The number of nitrogens with two attached hydrogens (primary N) is 1. The van der Waals surface area contributed by atoms with E-state index < -0.39 is 0 Å². The molecule has 0 aliphatic carbocycles. The van der Waals surface area contributed by atoms with E-state index in [9.17, 15) is 0 Å². The second kappa shape index (κ2) is 4.99. The van der Waals surface area contributed by atoms with Crippen molar-refractivity contribution in [1.29, 1.82) is 0 Å². The van der Waals surface area contributed by atoms with Gasteiger partial charge in [0.25, 0.3) is 0 Å². The highest BCUT2D eigenvalue weighted by Gasteiger charge is 1.98. The van der Waals surface area contributed by atoms with E-state index in [1.54, 1.807) is 0 Å². The van der Waals surface area contributed by atoms with Gasteiger partial charge in [0, 0.05) is 12.6 Å². The van der Waals surface area contributed by atoms with Gasteiger partial charge in [0.05, 0.1) is 0 Å². The molecule has 0 unspecified atom stereocenters. The fourth-order valence-electron chi connectivity index (χ4n) is 1.57. The molecule has 0 radical (unpaired) electrons. The molecule has 0 aliphatic heterocycles. The van der Waals surface area contributed by atoms with Crippen LogP contribution in [0.2, 0.25) is 0 Å². The molecule has 1 aromatic carbocycles. The summed E-state index contributed by atoms with van der Waals surface area (Å²) in [7, 11) is 0. The van der Waals surface area contributed by atoms with Crippen LogP contribution in [0.5, 0.6) is 0 Å². The number of aryl methyl sites for hydroxylation is 1. The summed E-state index contributed by atoms with van der Waals surface area (Å²) >= 11 is 1.40. The summed E-state index contributed by atoms with van der Waals surface area (Å²) in [4.78, 5) is 0. The second-order valence-corrected chi connectivity index (χ2v) is 4.59. The molecule has 3 nitrogen and oxygen atoms in total. The minimum Gasteiger partial charge on any atom is -0.383 e. The molecule has 4 heteroatoms. The third-order valence-electron chi connectivity index (χ3n) is 2.32. The van der Waals surface area contributed by atoms with E-state index >= 15 is 0 Å². The van der Waals surface area contributed by atoms with Gasteiger partial charge in [-0.3, -0.25) is 0 Å². The fourth-order valence-corrected chi connectivity index (χ4v) is 2.17. The van der Waals surface area contributed by atoms with Crippen LogP contribution in [-0.4, -0.2) is 10.9 Å². The quantitative estimate of drug-likeness (QED) is 0.853. The molecule has 16 heavy (non-hydrogen) atoms. The van der Waals surface area contributed by atoms with E-state index in [2.05, 4.69) is 40.9 Å². The van der Waals surface area contributed by atoms with Gasteiger partial charge in [0.1, 0.15) is 10.8 Å². The van der Waals surface area contributed by atoms with Gasteiger partial charge in [-0.15, -0.1) is 0 Å². The maximum atomic E-state index is 5.54. The van der Waals surface area contributed by atoms with Gasteiger partial charge in [-0.1, -0.05) is 29.8 Å². The zero-order chi connectivity index (χ0) is 11.4. The molecule has 0 amide bonds. The summed E-state index contributed by atoms with van der Waals surface area (Å²) in [6.45, 7) is 3.02. The van der Waals surface area contributed by atoms with Crippen molar-refractivity contribution < 1.29 is 0 Å². The third-order valence-corrected chi connectivity index (χ3v) is 3.08. The van der Waals surface area contributed by atoms with Crippen molar-refractivity contribution >= 4 is 22.4 Å². The predicted molar refractivity (Wildman–Crippen MR) is 69.9 cm³/mol. The largest absolute Gasteiger partial charge is 0.383 e. The molecule has 0 bridgehead atoms. The van der Waals surface area contributed by atoms with E-state index in [1.165, 1.54) is 22.7 Å². The fraction of sp³-hybridized carbons (Fsp3) is 0.250. The molecule has 0 saturated carbocycles. The Balaban J connectivity index is 1.84. The van der Waals surface area contributed by atoms with Gasteiger partial charge in [-0.05, 0) is 30.4 Å². The molecular weight excluding hydrogens is 218 g/mol. The lowest BCUT2D eigenvalue weighted by Gasteiger charge is -2.03. The standard InChI is InChI=1S/C12H15N3S/c1-9-3-2-4-10(7-9)5-6-14-12-8-11(13)15-16-12/h2-4,7-8,14H,5-6H2,1H3,(H2,13,15). The van der Waals surface area contributed by atoms with Crippen LogP contribution in [0, 0.1) is 6.92 Å². The van der Waals surface area contributed by atoms with Crippen molar-refractivity contribution in [1.82, 2.24) is 4.37 Å². The average molecular weight is 233 g/mol. The first kappa shape index (κ1) is 11.0. The summed E-state index contributed by atoms with van der Waals surface area (Å²) in [5.41, 5.74) is 8.20. The Bertz CT molecular complexity index is 465. The molecule has 0 spiro atoms. The lowest BCUT2D eigenvalue weighted by Crippen LogP contribution is -2.03. The number of aromatic nitrogens is 1. The zero-order valence-electron chi connectivity index (χ0n) is 9.23. The summed E-state index contributed by atoms with van der Waals surface area (Å²) in [6.07, 6.45) is 1.01. The zero-order valence-corrected chi connectivity index (χ0v) is 10.1. The van der Waals surface area contributed by atoms with Crippen LogP contribution < -0.4 is 11.1 Å². The van der Waals surface area contributed by atoms with Crippen molar-refractivity contribution in [3.63, 3.8) is 0 Å². The Hall–Kier alpha value is -1.55. The second-order valence-electron chi connectivity index (χ2n) is 3.78. The summed E-state index contributed by atoms with van der Waals surface area (Å²) in [5.74, 6) is 0.586. The van der Waals surface area contributed by atoms with Crippen LogP contribution in [0.15, 0.2) is 30.3 Å². The molecule has 0 atom stereocenters. The maximum Gasteiger partial charge on any atom is 0.139 e. The first-order valence-corrected chi connectivity index (χ1v) is 6.03. The molecule has 0 aliphatic rings. The number of anilines is 2. The number of hydrogen-bond acceptors (Lipinski definition) is 4. The van der Waals surface area contributed by atoms with E-state index in [1.807, 2.05) is 6.07 Å². The van der Waals surface area contributed by atoms with Gasteiger partial charge in [0.2, 0.25) is 0 Å². The van der Waals surface area contributed by atoms with Crippen molar-refractivity contribution in [3.8, 4) is 0 Å². The normalized spacial score (nSPS) is 10.3. The van der Waals surface area contributed by atoms with Crippen LogP contribution in [0.3, 0.4) is 0 Å². The maximum absolute atomic E-state index is 5.54. The molecule has 84 valence electrons. The summed E-state index contributed by atoms with van der Waals surface area (Å²) in [6, 6.07) is 10.4. The van der Waals surface area contributed by atoms with E-state index in [-0.39, 0.29) is 0 Å². The van der Waals surface area contributed by atoms with Crippen LogP contribution in [0.1, 0.15) is 11.1 Å². The first-order valence-electron chi connectivity index (χ1n) is 5.25. The molecule has 1 heterocycles. The predicted octanol–water partition coefficient (Wildman–Crippen LogP) is 2.69. The third kappa shape index (κ3) is 2.97. The minimum atomic E-state index is 0.586. The highest BCUT2D eigenvalue weighted by molar-refractivity contribution is 7.10. The summed E-state index contributed by atoms with van der Waals surface area (Å²) < 4.78 is 4.01. The number of nitrogens with one attached hydrogen (secondary N) is 1. The van der Waals surface area contributed by atoms with Crippen molar-refractivity contribution in [2.75, 3.05) is 17.6 Å². The van der Waals surface area contributed by atoms with E-state index in [0.29, 0.717) is 5.82 Å². The van der Waals surface area contributed by atoms with E-state index in [0.717, 1.165) is 18.0 Å². The Labute approximate surface area is 99.5 Å². The Morgan fingerprint density at radius 2 is 2.25 bits per heavy atom. The summed E-state index contributed by atoms with van der Waals surface area (Å²) in [5, 5.41) is 4.34. The van der Waals surface area contributed by atoms with Gasteiger partial charge >= 0.3 is 0 Å². The van der Waals surface area contributed by atoms with Crippen LogP contribution in [-0.2, 0) is 6.42 Å². The molecule has 0 fully saturated rings. The van der Waals surface area contributed by atoms with Gasteiger partial charge in [-0.2, -0.15) is 4.37 Å². The number of nitrogen functional groups attached to an aromatic ring is 1. The van der Waals surface area contributed by atoms with Gasteiger partial charge in [0.15, 0.2) is 0 Å². The molecule has 1 aromatic heterocycles. The SMILES string of the molecule is Cc1cccc(CCNc2cc(N)ns2)c1. The lowest BCUT2D eigenvalue weighted by molar-refractivity contribution is 1.02. The Kier molecular flexibility index (Phi) is 3.41. The number of rotatable bonds is 4. The smallest absolute Gasteiger partial charge is 0.139 e. The molecule has 2 aromatic rings. The van der Waals surface area contributed by atoms with Crippen molar-refractivity contribution in [2.24, 2.45) is 0 Å². The highest BCUT2D eigenvalue weighted by atomic mass is 32.1. The van der Waals surface area contributed by atoms with Crippen LogP contribution in [0.4, 0.5) is 10.8 Å². The topological polar surface area (TPSA) is 50.9 Å². The highest BCUT2D eigenvalue weighted by Crippen LogP contribution is 2.17. The molecule has 2 rings (SSSR count). The van der Waals surface area contributed by atoms with Gasteiger partial charge < -0.3 is 11.1 Å². The average Bonchev–Trinajstić information content (AvgIpc) is 2.64. The van der Waals surface area contributed by atoms with Crippen molar-refractivity contribution in [2.45, 2.75) is 13.3 Å². The molecule has 0 saturated heterocycles. The minimum absolute atomic E-state index is 0.586. The van der Waals surface area contributed by atoms with E-state index in [4.69, 9.17) is 5.73 Å². The van der Waals surface area contributed by atoms with Crippen LogP contribution in [0.25, 0.3) is 0 Å². The number of benzene rings is 1. The van der Waals surface area contributed by atoms with Crippen LogP contribution >= 0.6 is 11.5 Å². The van der Waals surface area contributed by atoms with Gasteiger partial charge in [-0.25, -0.2) is 0 Å². The monoisotopic (exact) mass is 233 g/mol. The Morgan fingerprint density at radius 3 is 2.94 bits per heavy atom. The lowest BCUT2D eigenvalue weighted by atomic mass is 10.1.